The van der Waals surface area contributed by atoms with Gasteiger partial charge in [0.2, 0.25) is 21.8 Å². The van der Waals surface area contributed by atoms with E-state index in [9.17, 15) is 18.0 Å². The van der Waals surface area contributed by atoms with Crippen LogP contribution in [0.2, 0.25) is 0 Å². The maximum atomic E-state index is 13.3. The first-order valence-corrected chi connectivity index (χ1v) is 12.6. The number of para-hydroxylation sites is 1. The average Bonchev–Trinajstić information content (AvgIpc) is 2.77. The van der Waals surface area contributed by atoms with Crippen molar-refractivity contribution < 1.29 is 18.0 Å². The molecule has 0 fully saturated rings. The van der Waals surface area contributed by atoms with Gasteiger partial charge in [-0.05, 0) is 44.4 Å². The van der Waals surface area contributed by atoms with Gasteiger partial charge >= 0.3 is 0 Å². The molecule has 0 aromatic heterocycles. The molecule has 0 heterocycles. The first kappa shape index (κ1) is 25.4. The Kier molecular flexibility index (Phi) is 9.26. The number of hydrogen-bond donors (Lipinski definition) is 1. The molecular weight excluding hydrogens is 426 g/mol. The van der Waals surface area contributed by atoms with E-state index >= 15 is 0 Å². The molecule has 0 radical (unpaired) electrons. The number of nitrogens with one attached hydrogen (secondary N) is 1. The van der Waals surface area contributed by atoms with Gasteiger partial charge in [-0.3, -0.25) is 13.9 Å². The summed E-state index contributed by atoms with van der Waals surface area (Å²) in [6.45, 7) is 5.47. The molecule has 0 saturated heterocycles. The van der Waals surface area contributed by atoms with E-state index in [-0.39, 0.29) is 18.5 Å². The van der Waals surface area contributed by atoms with Crippen LogP contribution in [0, 0.1) is 0 Å². The van der Waals surface area contributed by atoms with Crippen molar-refractivity contribution in [3.05, 3.63) is 66.2 Å². The third-order valence-corrected chi connectivity index (χ3v) is 6.52. The van der Waals surface area contributed by atoms with Gasteiger partial charge in [-0.25, -0.2) is 8.42 Å². The molecule has 32 heavy (non-hydrogen) atoms. The van der Waals surface area contributed by atoms with Crippen molar-refractivity contribution in [2.45, 2.75) is 45.7 Å². The van der Waals surface area contributed by atoms with Gasteiger partial charge in [-0.2, -0.15) is 0 Å². The van der Waals surface area contributed by atoms with Gasteiger partial charge in [-0.15, -0.1) is 0 Å². The van der Waals surface area contributed by atoms with Crippen molar-refractivity contribution in [3.63, 3.8) is 0 Å². The summed E-state index contributed by atoms with van der Waals surface area (Å²) < 4.78 is 25.9. The summed E-state index contributed by atoms with van der Waals surface area (Å²) in [5, 5.41) is 2.91. The normalized spacial score (nSPS) is 13.1. The second-order valence-electron chi connectivity index (χ2n) is 7.92. The van der Waals surface area contributed by atoms with E-state index in [0.717, 1.165) is 22.5 Å². The number of carbonyl (C=O) groups is 2. The minimum absolute atomic E-state index is 0.0205. The highest BCUT2D eigenvalue weighted by Gasteiger charge is 2.30. The lowest BCUT2D eigenvalue weighted by Gasteiger charge is -2.32. The monoisotopic (exact) mass is 459 g/mol. The molecule has 1 N–H and O–H groups in total. The number of nitrogens with zero attached hydrogens (tertiary/aromatic N) is 2. The van der Waals surface area contributed by atoms with Crippen LogP contribution in [0.3, 0.4) is 0 Å². The number of sulfonamides is 1. The highest BCUT2D eigenvalue weighted by Crippen LogP contribution is 2.18. The first-order valence-electron chi connectivity index (χ1n) is 10.8. The van der Waals surface area contributed by atoms with Crippen LogP contribution in [-0.4, -0.2) is 56.6 Å². The Bertz CT molecular complexity index is 981. The molecule has 0 aliphatic rings. The van der Waals surface area contributed by atoms with E-state index < -0.39 is 22.0 Å². The Morgan fingerprint density at radius 3 is 2.06 bits per heavy atom. The first-order chi connectivity index (χ1) is 15.1. The SMILES string of the molecule is CC[C@H](C)NC(=O)[C@@H](C)N(CCc1ccccc1)C(=O)CN(c1ccccc1)S(C)(=O)=O. The lowest BCUT2D eigenvalue weighted by molar-refractivity contribution is -0.139. The maximum Gasteiger partial charge on any atom is 0.244 e. The molecule has 8 heteroatoms. The molecule has 2 rings (SSSR count). The Morgan fingerprint density at radius 1 is 0.969 bits per heavy atom. The van der Waals surface area contributed by atoms with Crippen LogP contribution in [0.4, 0.5) is 5.69 Å². The second kappa shape index (κ2) is 11.7. The van der Waals surface area contributed by atoms with Crippen molar-refractivity contribution in [1.29, 1.82) is 0 Å². The van der Waals surface area contributed by atoms with E-state index in [1.165, 1.54) is 4.90 Å². The van der Waals surface area contributed by atoms with E-state index in [2.05, 4.69) is 5.32 Å². The predicted octanol–water partition coefficient (Wildman–Crippen LogP) is 2.83. The third-order valence-electron chi connectivity index (χ3n) is 5.38. The summed E-state index contributed by atoms with van der Waals surface area (Å²) >= 11 is 0. The smallest absolute Gasteiger partial charge is 0.244 e. The summed E-state index contributed by atoms with van der Waals surface area (Å²) in [6, 6.07) is 17.4. The van der Waals surface area contributed by atoms with Crippen LogP contribution >= 0.6 is 0 Å². The lowest BCUT2D eigenvalue weighted by Crippen LogP contribution is -2.53. The summed E-state index contributed by atoms with van der Waals surface area (Å²) in [4.78, 5) is 27.6. The number of anilines is 1. The zero-order chi connectivity index (χ0) is 23.7. The fraction of sp³-hybridized carbons (Fsp3) is 0.417. The second-order valence-corrected chi connectivity index (χ2v) is 9.83. The summed E-state index contributed by atoms with van der Waals surface area (Å²) in [6.07, 6.45) is 2.39. The topological polar surface area (TPSA) is 86.8 Å². The molecule has 7 nitrogen and oxygen atoms in total. The molecule has 0 bridgehead atoms. The molecule has 2 aromatic rings. The highest BCUT2D eigenvalue weighted by atomic mass is 32.2. The molecule has 0 unspecified atom stereocenters. The van der Waals surface area contributed by atoms with Gasteiger partial charge in [0.25, 0.3) is 0 Å². The van der Waals surface area contributed by atoms with Crippen molar-refractivity contribution in [2.75, 3.05) is 23.7 Å². The highest BCUT2D eigenvalue weighted by molar-refractivity contribution is 7.92. The van der Waals surface area contributed by atoms with Crippen molar-refractivity contribution in [2.24, 2.45) is 0 Å². The van der Waals surface area contributed by atoms with Crippen molar-refractivity contribution >= 4 is 27.5 Å². The van der Waals surface area contributed by atoms with E-state index in [4.69, 9.17) is 0 Å². The molecule has 0 aliphatic heterocycles. The molecule has 174 valence electrons. The molecule has 2 aromatic carbocycles. The predicted molar refractivity (Wildman–Crippen MR) is 128 cm³/mol. The quantitative estimate of drug-likeness (QED) is 0.560. The minimum Gasteiger partial charge on any atom is -0.352 e. The van der Waals surface area contributed by atoms with E-state index in [1.54, 1.807) is 37.3 Å². The van der Waals surface area contributed by atoms with Gasteiger partial charge in [0, 0.05) is 12.6 Å². The lowest BCUT2D eigenvalue weighted by atomic mass is 10.1. The fourth-order valence-corrected chi connectivity index (χ4v) is 4.09. The fourth-order valence-electron chi connectivity index (χ4n) is 3.24. The number of amides is 2. The maximum absolute atomic E-state index is 13.3. The molecule has 0 spiro atoms. The van der Waals surface area contributed by atoms with Gasteiger partial charge in [0.15, 0.2) is 0 Å². The molecule has 0 aliphatic carbocycles. The molecule has 0 saturated carbocycles. The van der Waals surface area contributed by atoms with Gasteiger partial charge in [0.05, 0.1) is 11.9 Å². The average molecular weight is 460 g/mol. The minimum atomic E-state index is -3.70. The van der Waals surface area contributed by atoms with Gasteiger partial charge in [-0.1, -0.05) is 55.5 Å². The summed E-state index contributed by atoms with van der Waals surface area (Å²) in [5.74, 6) is -0.687. The third kappa shape index (κ3) is 7.37. The van der Waals surface area contributed by atoms with Crippen LogP contribution in [0.1, 0.15) is 32.8 Å². The van der Waals surface area contributed by atoms with Crippen molar-refractivity contribution in [1.82, 2.24) is 10.2 Å². The van der Waals surface area contributed by atoms with Crippen LogP contribution in [-0.2, 0) is 26.0 Å². The molecule has 2 atom stereocenters. The molecule has 2 amide bonds. The van der Waals surface area contributed by atoms with Gasteiger partial charge in [0.1, 0.15) is 12.6 Å². The van der Waals surface area contributed by atoms with Crippen molar-refractivity contribution in [3.8, 4) is 0 Å². The van der Waals surface area contributed by atoms with E-state index in [0.29, 0.717) is 18.7 Å². The summed E-state index contributed by atoms with van der Waals surface area (Å²) in [7, 11) is -3.70. The standard InChI is InChI=1S/C24H33N3O4S/c1-5-19(2)25-24(29)20(3)26(17-16-21-12-8-6-9-13-21)23(28)18-27(32(4,30)31)22-14-10-7-11-15-22/h6-15,19-20H,5,16-18H2,1-4H3,(H,25,29)/t19-,20+/m0/s1. The Hall–Kier alpha value is -2.87. The van der Waals surface area contributed by atoms with Crippen LogP contribution in [0.25, 0.3) is 0 Å². The number of carbonyl (C=O) groups excluding carboxylic acids is 2. The van der Waals surface area contributed by atoms with Crippen LogP contribution < -0.4 is 9.62 Å². The van der Waals surface area contributed by atoms with E-state index in [1.807, 2.05) is 44.2 Å². The number of benzene rings is 2. The largest absolute Gasteiger partial charge is 0.352 e. The summed E-state index contributed by atoms with van der Waals surface area (Å²) in [5.41, 5.74) is 1.44. The van der Waals surface area contributed by atoms with Gasteiger partial charge < -0.3 is 10.2 Å². The van der Waals surface area contributed by atoms with Crippen LogP contribution in [0.15, 0.2) is 60.7 Å². The number of rotatable bonds is 11. The zero-order valence-corrected chi connectivity index (χ0v) is 20.0. The zero-order valence-electron chi connectivity index (χ0n) is 19.2. The van der Waals surface area contributed by atoms with Crippen LogP contribution in [0.5, 0.6) is 0 Å². The Balaban J connectivity index is 2.27. The number of hydrogen-bond acceptors (Lipinski definition) is 4. The Morgan fingerprint density at radius 2 is 1.53 bits per heavy atom. The Labute approximate surface area is 191 Å². The molecular formula is C24H33N3O4S.